The Morgan fingerprint density at radius 1 is 1.52 bits per heavy atom. The number of hydrogen-bond acceptors (Lipinski definition) is 5. The van der Waals surface area contributed by atoms with Crippen LogP contribution in [-0.4, -0.2) is 70.0 Å². The molecule has 1 aliphatic heterocycles. The van der Waals surface area contributed by atoms with E-state index in [9.17, 15) is 0 Å². The van der Waals surface area contributed by atoms with Crippen LogP contribution in [0.1, 0.15) is 24.8 Å². The zero-order valence-electron chi connectivity index (χ0n) is 15.4. The topological polar surface area (TPSA) is 58.1 Å². The van der Waals surface area contributed by atoms with E-state index in [2.05, 4.69) is 46.9 Å². The van der Waals surface area contributed by atoms with Gasteiger partial charge in [0.15, 0.2) is 5.96 Å². The molecule has 0 radical (unpaired) electrons. The number of methoxy groups -OCH3 is 1. The average Bonchev–Trinajstić information content (AvgIpc) is 3.09. The first kappa shape index (κ1) is 22.6. The molecule has 2 atom stereocenters. The molecule has 144 valence electrons. The Hall–Kier alpha value is -0.420. The van der Waals surface area contributed by atoms with Crippen LogP contribution in [0.3, 0.4) is 0 Å². The van der Waals surface area contributed by atoms with Crippen LogP contribution in [0.25, 0.3) is 0 Å². The second kappa shape index (κ2) is 12.9. The van der Waals surface area contributed by atoms with Crippen molar-refractivity contribution in [1.29, 1.82) is 0 Å². The van der Waals surface area contributed by atoms with Gasteiger partial charge in [0.05, 0.1) is 31.9 Å². The number of guanidine groups is 1. The number of thiophene rings is 1. The fourth-order valence-electron chi connectivity index (χ4n) is 2.79. The summed E-state index contributed by atoms with van der Waals surface area (Å²) < 4.78 is 10.8. The number of aliphatic imine (C=N–C) groups is 1. The standard InChI is InChI=1S/C17H30N4O2S.HI/c1-4-18-17(19-7-9-22-3)20-12-15(16-6-5-11-24-16)21-8-10-23-14(2)13-21;/h5-6,11,14-15H,4,7-10,12-13H2,1-3H3,(H2,18,19,20);1H. The molecular weight excluding hydrogens is 451 g/mol. The molecule has 0 saturated carbocycles. The normalized spacial score (nSPS) is 20.0. The van der Waals surface area contributed by atoms with E-state index in [1.54, 1.807) is 18.4 Å². The van der Waals surface area contributed by atoms with Gasteiger partial charge in [0.25, 0.3) is 0 Å². The number of morpholine rings is 1. The second-order valence-corrected chi connectivity index (χ2v) is 6.83. The lowest BCUT2D eigenvalue weighted by molar-refractivity contribution is -0.0327. The van der Waals surface area contributed by atoms with E-state index in [4.69, 9.17) is 14.5 Å². The molecule has 0 aliphatic carbocycles. The molecule has 0 amide bonds. The highest BCUT2D eigenvalue weighted by atomic mass is 127. The lowest BCUT2D eigenvalue weighted by Crippen LogP contribution is -2.44. The van der Waals surface area contributed by atoms with Gasteiger partial charge in [-0.15, -0.1) is 35.3 Å². The lowest BCUT2D eigenvalue weighted by atomic mass is 10.1. The molecule has 1 saturated heterocycles. The first-order valence-electron chi connectivity index (χ1n) is 8.64. The number of nitrogens with zero attached hydrogens (tertiary/aromatic N) is 2. The highest BCUT2D eigenvalue weighted by Gasteiger charge is 2.26. The average molecular weight is 482 g/mol. The van der Waals surface area contributed by atoms with Crippen LogP contribution >= 0.6 is 35.3 Å². The summed E-state index contributed by atoms with van der Waals surface area (Å²) >= 11 is 1.80. The first-order valence-corrected chi connectivity index (χ1v) is 9.52. The van der Waals surface area contributed by atoms with Crippen LogP contribution in [0.4, 0.5) is 0 Å². The SMILES string of the molecule is CCNC(=NCC(c1cccs1)N1CCOC(C)C1)NCCOC.I. The molecule has 8 heteroatoms. The van der Waals surface area contributed by atoms with Crippen molar-refractivity contribution in [2.75, 3.05) is 53.0 Å². The van der Waals surface area contributed by atoms with Crippen LogP contribution in [0, 0.1) is 0 Å². The minimum absolute atomic E-state index is 0. The Kier molecular flexibility index (Phi) is 11.6. The molecule has 0 spiro atoms. The minimum Gasteiger partial charge on any atom is -0.383 e. The van der Waals surface area contributed by atoms with E-state index in [0.29, 0.717) is 12.6 Å². The Morgan fingerprint density at radius 3 is 3.00 bits per heavy atom. The van der Waals surface area contributed by atoms with E-state index in [-0.39, 0.29) is 30.1 Å². The van der Waals surface area contributed by atoms with Gasteiger partial charge in [-0.2, -0.15) is 0 Å². The van der Waals surface area contributed by atoms with Gasteiger partial charge in [0, 0.05) is 38.2 Å². The van der Waals surface area contributed by atoms with E-state index in [1.807, 2.05) is 0 Å². The predicted molar refractivity (Wildman–Crippen MR) is 115 cm³/mol. The molecule has 0 bridgehead atoms. The van der Waals surface area contributed by atoms with Crippen molar-refractivity contribution in [3.05, 3.63) is 22.4 Å². The molecule has 1 fully saturated rings. The first-order chi connectivity index (χ1) is 11.7. The molecule has 2 unspecified atom stereocenters. The maximum absolute atomic E-state index is 5.69. The summed E-state index contributed by atoms with van der Waals surface area (Å²) in [4.78, 5) is 8.65. The third-order valence-electron chi connectivity index (χ3n) is 3.95. The van der Waals surface area contributed by atoms with Gasteiger partial charge in [-0.05, 0) is 25.3 Å². The molecule has 1 aliphatic rings. The number of nitrogens with one attached hydrogen (secondary N) is 2. The summed E-state index contributed by atoms with van der Waals surface area (Å²) in [6.45, 7) is 9.90. The van der Waals surface area contributed by atoms with Gasteiger partial charge in [-0.3, -0.25) is 9.89 Å². The Labute approximate surface area is 172 Å². The van der Waals surface area contributed by atoms with E-state index < -0.39 is 0 Å². The molecule has 1 aromatic heterocycles. The predicted octanol–water partition coefficient (Wildman–Crippen LogP) is 2.33. The number of hydrogen-bond donors (Lipinski definition) is 2. The van der Waals surface area contributed by atoms with Crippen LogP contribution in [0.15, 0.2) is 22.5 Å². The van der Waals surface area contributed by atoms with Gasteiger partial charge in [-0.1, -0.05) is 6.07 Å². The maximum atomic E-state index is 5.69. The smallest absolute Gasteiger partial charge is 0.191 e. The number of ether oxygens (including phenoxy) is 2. The summed E-state index contributed by atoms with van der Waals surface area (Å²) in [5.74, 6) is 0.845. The van der Waals surface area contributed by atoms with Gasteiger partial charge < -0.3 is 20.1 Å². The Balaban J connectivity index is 0.00000312. The lowest BCUT2D eigenvalue weighted by Gasteiger charge is -2.36. The molecule has 0 aromatic carbocycles. The second-order valence-electron chi connectivity index (χ2n) is 5.85. The number of halogens is 1. The van der Waals surface area contributed by atoms with Gasteiger partial charge in [0.2, 0.25) is 0 Å². The van der Waals surface area contributed by atoms with E-state index in [0.717, 1.165) is 45.3 Å². The minimum atomic E-state index is 0. The van der Waals surface area contributed by atoms with Gasteiger partial charge in [0.1, 0.15) is 0 Å². The van der Waals surface area contributed by atoms with Crippen LogP contribution in [0.2, 0.25) is 0 Å². The van der Waals surface area contributed by atoms with Crippen LogP contribution in [-0.2, 0) is 9.47 Å². The third kappa shape index (κ3) is 7.78. The molecule has 1 aromatic rings. The highest BCUT2D eigenvalue weighted by Crippen LogP contribution is 2.27. The zero-order chi connectivity index (χ0) is 17.2. The zero-order valence-corrected chi connectivity index (χ0v) is 18.5. The monoisotopic (exact) mass is 482 g/mol. The van der Waals surface area contributed by atoms with Crippen molar-refractivity contribution in [1.82, 2.24) is 15.5 Å². The molecule has 2 rings (SSSR count). The molecule has 2 heterocycles. The van der Waals surface area contributed by atoms with E-state index >= 15 is 0 Å². The number of rotatable bonds is 8. The van der Waals surface area contributed by atoms with Crippen LogP contribution < -0.4 is 10.6 Å². The summed E-state index contributed by atoms with van der Waals surface area (Å²) in [6.07, 6.45) is 0.276. The van der Waals surface area contributed by atoms with Crippen molar-refractivity contribution in [3.63, 3.8) is 0 Å². The maximum Gasteiger partial charge on any atom is 0.191 e. The summed E-state index contributed by atoms with van der Waals surface area (Å²) in [5, 5.41) is 8.74. The molecule has 6 nitrogen and oxygen atoms in total. The summed E-state index contributed by atoms with van der Waals surface area (Å²) in [7, 11) is 1.71. The van der Waals surface area contributed by atoms with Crippen LogP contribution in [0.5, 0.6) is 0 Å². The molecular formula is C17H31IN4O2S. The molecule has 2 N–H and O–H groups in total. The highest BCUT2D eigenvalue weighted by molar-refractivity contribution is 14.0. The van der Waals surface area contributed by atoms with Crippen molar-refractivity contribution >= 4 is 41.3 Å². The van der Waals surface area contributed by atoms with E-state index in [1.165, 1.54) is 4.88 Å². The molecule has 25 heavy (non-hydrogen) atoms. The van der Waals surface area contributed by atoms with Crippen molar-refractivity contribution < 1.29 is 9.47 Å². The van der Waals surface area contributed by atoms with Crippen molar-refractivity contribution in [2.24, 2.45) is 4.99 Å². The van der Waals surface area contributed by atoms with Crippen molar-refractivity contribution in [2.45, 2.75) is 26.0 Å². The van der Waals surface area contributed by atoms with Crippen molar-refractivity contribution in [3.8, 4) is 0 Å². The Bertz CT molecular complexity index is 487. The summed E-state index contributed by atoms with van der Waals surface area (Å²) in [5.41, 5.74) is 0. The largest absolute Gasteiger partial charge is 0.383 e. The quantitative estimate of drug-likeness (QED) is 0.258. The van der Waals surface area contributed by atoms with Gasteiger partial charge in [-0.25, -0.2) is 0 Å². The Morgan fingerprint density at radius 2 is 2.36 bits per heavy atom. The summed E-state index contributed by atoms with van der Waals surface area (Å²) in [6, 6.07) is 4.62. The fraction of sp³-hybridized carbons (Fsp3) is 0.706. The van der Waals surface area contributed by atoms with Gasteiger partial charge >= 0.3 is 0 Å². The fourth-order valence-corrected chi connectivity index (χ4v) is 3.64. The third-order valence-corrected chi connectivity index (χ3v) is 4.92.